The van der Waals surface area contributed by atoms with Crippen LogP contribution in [0.2, 0.25) is 0 Å². The van der Waals surface area contributed by atoms with Crippen molar-refractivity contribution >= 4 is 5.69 Å². The number of nitrogens with zero attached hydrogens (tertiary/aromatic N) is 1. The minimum Gasteiger partial charge on any atom is -0.360 e. The molecule has 5 N–H and O–H groups in total. The number of hydrogen-bond acceptors (Lipinski definition) is 5. The summed E-state index contributed by atoms with van der Waals surface area (Å²) >= 11 is 0. The number of nitrogens with one attached hydrogen (secondary N) is 2. The first-order chi connectivity index (χ1) is 5.33. The van der Waals surface area contributed by atoms with Crippen LogP contribution in [0.1, 0.15) is 0 Å². The van der Waals surface area contributed by atoms with Gasteiger partial charge in [-0.15, -0.1) is 0 Å². The molecule has 1 rings (SSSR count). The van der Waals surface area contributed by atoms with Crippen molar-refractivity contribution in [1.29, 1.82) is 0 Å². The van der Waals surface area contributed by atoms with Gasteiger partial charge in [-0.3, -0.25) is 10.8 Å². The minimum absolute atomic E-state index is 0.706. The molecule has 0 aliphatic heterocycles. The highest BCUT2D eigenvalue weighted by atomic mass is 16.3. The Morgan fingerprint density at radius 3 is 3.00 bits per heavy atom. The second-order valence-electron chi connectivity index (χ2n) is 1.96. The molecule has 0 fully saturated rings. The van der Waals surface area contributed by atoms with E-state index in [9.17, 15) is 0 Å². The van der Waals surface area contributed by atoms with E-state index in [0.717, 1.165) is 0 Å². The zero-order valence-electron chi connectivity index (χ0n) is 5.86. The lowest BCUT2D eigenvalue weighted by molar-refractivity contribution is 0.166. The van der Waals surface area contributed by atoms with E-state index in [2.05, 4.69) is 15.7 Å². The third-order valence-electron chi connectivity index (χ3n) is 1.12. The van der Waals surface area contributed by atoms with Gasteiger partial charge in [0, 0.05) is 6.20 Å². The molecule has 11 heavy (non-hydrogen) atoms. The fraction of sp³-hybridized carbons (Fsp3) is 0.167. The van der Waals surface area contributed by atoms with Crippen LogP contribution in [0.5, 0.6) is 0 Å². The van der Waals surface area contributed by atoms with E-state index in [1.54, 1.807) is 24.5 Å². The number of rotatable bonds is 3. The van der Waals surface area contributed by atoms with Crippen LogP contribution >= 0.6 is 0 Å². The van der Waals surface area contributed by atoms with Crippen LogP contribution in [-0.4, -0.2) is 16.4 Å². The Morgan fingerprint density at radius 1 is 1.64 bits per heavy atom. The van der Waals surface area contributed by atoms with Crippen molar-refractivity contribution in [3.63, 3.8) is 0 Å². The quantitative estimate of drug-likeness (QED) is 0.261. The van der Waals surface area contributed by atoms with Crippen LogP contribution in [0.15, 0.2) is 24.5 Å². The molecular formula is C6H10N4O. The van der Waals surface area contributed by atoms with Crippen LogP contribution in [0.4, 0.5) is 5.69 Å². The number of pyridine rings is 1. The predicted octanol–water partition coefficient (Wildman–Crippen LogP) is -0.767. The summed E-state index contributed by atoms with van der Waals surface area (Å²) in [5.74, 6) is 4.94. The Kier molecular flexibility index (Phi) is 2.79. The minimum atomic E-state index is -0.945. The first kappa shape index (κ1) is 7.93. The Balaban J connectivity index is 2.51. The Hall–Kier alpha value is -1.17. The summed E-state index contributed by atoms with van der Waals surface area (Å²) in [4.78, 5) is 3.83. The van der Waals surface area contributed by atoms with Gasteiger partial charge in [-0.05, 0) is 12.1 Å². The molecule has 1 unspecified atom stereocenters. The van der Waals surface area contributed by atoms with Crippen LogP contribution in [0.3, 0.4) is 0 Å². The van der Waals surface area contributed by atoms with Crippen molar-refractivity contribution in [2.45, 2.75) is 6.35 Å². The van der Waals surface area contributed by atoms with E-state index in [4.69, 9.17) is 10.9 Å². The highest BCUT2D eigenvalue weighted by molar-refractivity contribution is 5.39. The third kappa shape index (κ3) is 2.50. The third-order valence-corrected chi connectivity index (χ3v) is 1.12. The summed E-state index contributed by atoms with van der Waals surface area (Å²) in [7, 11) is 0. The molecule has 0 saturated heterocycles. The monoisotopic (exact) mass is 154 g/mol. The predicted molar refractivity (Wildman–Crippen MR) is 41.2 cm³/mol. The second-order valence-corrected chi connectivity index (χ2v) is 1.96. The molecule has 1 atom stereocenters. The molecule has 0 aliphatic rings. The lowest BCUT2D eigenvalue weighted by atomic mass is 10.4. The molecule has 0 amide bonds. The van der Waals surface area contributed by atoms with Gasteiger partial charge in [0.1, 0.15) is 0 Å². The molecule has 0 spiro atoms. The standard InChI is InChI=1S/C6H10N4O/c7-10-6(11)9-5-2-1-3-8-4-5/h1-4,6,9-11H,7H2. The summed E-state index contributed by atoms with van der Waals surface area (Å²) in [6, 6.07) is 3.53. The van der Waals surface area contributed by atoms with Gasteiger partial charge in [0.05, 0.1) is 11.9 Å². The van der Waals surface area contributed by atoms with Gasteiger partial charge in [-0.1, -0.05) is 0 Å². The number of aliphatic hydroxyl groups excluding tert-OH is 1. The highest BCUT2D eigenvalue weighted by Crippen LogP contribution is 2.01. The molecule has 60 valence electrons. The van der Waals surface area contributed by atoms with Gasteiger partial charge < -0.3 is 10.4 Å². The maximum Gasteiger partial charge on any atom is 0.194 e. The fourth-order valence-corrected chi connectivity index (χ4v) is 0.648. The van der Waals surface area contributed by atoms with Crippen LogP contribution in [0.25, 0.3) is 0 Å². The second kappa shape index (κ2) is 3.87. The number of anilines is 1. The molecule has 1 aromatic heterocycles. The van der Waals surface area contributed by atoms with E-state index in [1.165, 1.54) is 0 Å². The van der Waals surface area contributed by atoms with Crippen LogP contribution < -0.4 is 16.6 Å². The maximum absolute atomic E-state index is 8.94. The normalized spacial score (nSPS) is 12.5. The molecular weight excluding hydrogens is 144 g/mol. The van der Waals surface area contributed by atoms with Crippen LogP contribution in [-0.2, 0) is 0 Å². The average Bonchev–Trinajstić information content (AvgIpc) is 2.06. The van der Waals surface area contributed by atoms with E-state index < -0.39 is 6.35 Å². The number of hydrogen-bond donors (Lipinski definition) is 4. The molecule has 1 heterocycles. The lowest BCUT2D eigenvalue weighted by Gasteiger charge is -2.11. The number of aliphatic hydroxyl groups is 1. The van der Waals surface area contributed by atoms with Crippen LogP contribution in [0, 0.1) is 0 Å². The van der Waals surface area contributed by atoms with Gasteiger partial charge in [-0.25, -0.2) is 5.43 Å². The molecule has 5 nitrogen and oxygen atoms in total. The van der Waals surface area contributed by atoms with E-state index in [0.29, 0.717) is 5.69 Å². The SMILES string of the molecule is NNC(O)Nc1cccnc1. The summed E-state index contributed by atoms with van der Waals surface area (Å²) in [5, 5.41) is 11.6. The van der Waals surface area contributed by atoms with Gasteiger partial charge in [0.2, 0.25) is 0 Å². The molecule has 0 saturated carbocycles. The van der Waals surface area contributed by atoms with E-state index in [1.807, 2.05) is 0 Å². The van der Waals surface area contributed by atoms with Crippen molar-refractivity contribution in [3.8, 4) is 0 Å². The number of aromatic nitrogens is 1. The lowest BCUT2D eigenvalue weighted by Crippen LogP contribution is -2.40. The summed E-state index contributed by atoms with van der Waals surface area (Å²) < 4.78 is 0. The van der Waals surface area contributed by atoms with E-state index >= 15 is 0 Å². The Bertz CT molecular complexity index is 203. The van der Waals surface area contributed by atoms with Crippen molar-refractivity contribution in [1.82, 2.24) is 10.4 Å². The van der Waals surface area contributed by atoms with Gasteiger partial charge >= 0.3 is 0 Å². The van der Waals surface area contributed by atoms with Gasteiger partial charge in [0.15, 0.2) is 6.35 Å². The van der Waals surface area contributed by atoms with Crippen molar-refractivity contribution in [3.05, 3.63) is 24.5 Å². The largest absolute Gasteiger partial charge is 0.360 e. The zero-order chi connectivity index (χ0) is 8.10. The molecule has 0 radical (unpaired) electrons. The van der Waals surface area contributed by atoms with Gasteiger partial charge in [-0.2, -0.15) is 0 Å². The first-order valence-electron chi connectivity index (χ1n) is 3.13. The van der Waals surface area contributed by atoms with Crippen molar-refractivity contribution in [2.24, 2.45) is 5.84 Å². The number of hydrazine groups is 1. The number of nitrogens with two attached hydrogens (primary N) is 1. The van der Waals surface area contributed by atoms with Crippen molar-refractivity contribution in [2.75, 3.05) is 5.32 Å². The maximum atomic E-state index is 8.94. The summed E-state index contributed by atoms with van der Waals surface area (Å²) in [5.41, 5.74) is 2.84. The van der Waals surface area contributed by atoms with Crippen molar-refractivity contribution < 1.29 is 5.11 Å². The highest BCUT2D eigenvalue weighted by Gasteiger charge is 1.97. The fourth-order valence-electron chi connectivity index (χ4n) is 0.648. The summed E-state index contributed by atoms with van der Waals surface area (Å²) in [6.07, 6.45) is 2.28. The molecule has 0 aliphatic carbocycles. The molecule has 5 heteroatoms. The average molecular weight is 154 g/mol. The Labute approximate surface area is 64.2 Å². The first-order valence-corrected chi connectivity index (χ1v) is 3.13. The Morgan fingerprint density at radius 2 is 2.45 bits per heavy atom. The molecule has 0 bridgehead atoms. The van der Waals surface area contributed by atoms with E-state index in [-0.39, 0.29) is 0 Å². The smallest absolute Gasteiger partial charge is 0.194 e. The zero-order valence-corrected chi connectivity index (χ0v) is 5.86. The summed E-state index contributed by atoms with van der Waals surface area (Å²) in [6.45, 7) is 0. The molecule has 0 aromatic carbocycles. The molecule has 1 aromatic rings. The topological polar surface area (TPSA) is 83.2 Å². The van der Waals surface area contributed by atoms with Gasteiger partial charge in [0.25, 0.3) is 0 Å².